The molecule has 0 aliphatic rings. The van der Waals surface area contributed by atoms with Gasteiger partial charge >= 0.3 is 5.69 Å². The first-order valence-corrected chi connectivity index (χ1v) is 11.2. The second kappa shape index (κ2) is 9.17. The van der Waals surface area contributed by atoms with Gasteiger partial charge in [-0.1, -0.05) is 57.2 Å². The van der Waals surface area contributed by atoms with E-state index in [4.69, 9.17) is 9.47 Å². The lowest BCUT2D eigenvalue weighted by Crippen LogP contribution is -2.23. The van der Waals surface area contributed by atoms with Gasteiger partial charge in [0, 0.05) is 18.2 Å². The highest BCUT2D eigenvalue weighted by Gasteiger charge is 2.22. The zero-order valence-corrected chi connectivity index (χ0v) is 20.5. The second-order valence-corrected chi connectivity index (χ2v) is 9.32. The summed E-state index contributed by atoms with van der Waals surface area (Å²) in [6, 6.07) is 19.9. The average Bonchev–Trinajstić information content (AvgIpc) is 3.15. The fourth-order valence-electron chi connectivity index (χ4n) is 4.03. The Morgan fingerprint density at radius 3 is 2.38 bits per heavy atom. The van der Waals surface area contributed by atoms with Crippen LogP contribution in [-0.4, -0.2) is 26.9 Å². The number of tetrazole rings is 1. The molecule has 0 unspecified atom stereocenters. The Morgan fingerprint density at radius 1 is 0.941 bits per heavy atom. The van der Waals surface area contributed by atoms with Crippen molar-refractivity contribution in [3.8, 4) is 28.3 Å². The van der Waals surface area contributed by atoms with Crippen LogP contribution in [0.15, 0.2) is 65.5 Å². The van der Waals surface area contributed by atoms with Gasteiger partial charge in [0.25, 0.3) is 0 Å². The lowest BCUT2D eigenvalue weighted by Gasteiger charge is -2.25. The van der Waals surface area contributed by atoms with Crippen LogP contribution in [0, 0.1) is 6.92 Å². The summed E-state index contributed by atoms with van der Waals surface area (Å²) >= 11 is 0. The van der Waals surface area contributed by atoms with Gasteiger partial charge in [-0.15, -0.1) is 0 Å². The number of nitrogens with zero attached hydrogens (tertiary/aromatic N) is 4. The maximum atomic E-state index is 12.4. The normalized spacial score (nSPS) is 11.5. The van der Waals surface area contributed by atoms with Crippen molar-refractivity contribution >= 4 is 0 Å². The number of para-hydroxylation sites is 1. The fraction of sp³-hybridized carbons (Fsp3) is 0.296. The number of hydrogen-bond acceptors (Lipinski definition) is 5. The van der Waals surface area contributed by atoms with Gasteiger partial charge < -0.3 is 9.47 Å². The molecule has 0 fully saturated rings. The summed E-state index contributed by atoms with van der Waals surface area (Å²) in [6.07, 6.45) is 0. The molecule has 7 heteroatoms. The van der Waals surface area contributed by atoms with Crippen LogP contribution in [0.3, 0.4) is 0 Å². The molecule has 0 aliphatic heterocycles. The van der Waals surface area contributed by atoms with Gasteiger partial charge in [0.05, 0.1) is 12.8 Å². The van der Waals surface area contributed by atoms with Crippen LogP contribution >= 0.6 is 0 Å². The Hall–Kier alpha value is -3.87. The molecule has 0 aliphatic carbocycles. The number of aryl methyl sites for hydroxylation is 2. The minimum Gasteiger partial charge on any atom is -0.496 e. The summed E-state index contributed by atoms with van der Waals surface area (Å²) in [6.45, 7) is 8.85. The van der Waals surface area contributed by atoms with Crippen LogP contribution in [0.2, 0.25) is 0 Å². The summed E-state index contributed by atoms with van der Waals surface area (Å²) in [7, 11) is 3.27. The fourth-order valence-corrected chi connectivity index (χ4v) is 4.03. The van der Waals surface area contributed by atoms with Crippen molar-refractivity contribution in [3.63, 3.8) is 0 Å². The molecule has 0 bridgehead atoms. The molecule has 0 saturated heterocycles. The summed E-state index contributed by atoms with van der Waals surface area (Å²) in [4.78, 5) is 12.4. The molecule has 34 heavy (non-hydrogen) atoms. The number of methoxy groups -OCH3 is 1. The highest BCUT2D eigenvalue weighted by Crippen LogP contribution is 2.39. The molecule has 0 amide bonds. The van der Waals surface area contributed by atoms with Crippen LogP contribution < -0.4 is 15.2 Å². The summed E-state index contributed by atoms with van der Waals surface area (Å²) in [5.41, 5.74) is 5.46. The Labute approximate surface area is 199 Å². The van der Waals surface area contributed by atoms with E-state index in [0.29, 0.717) is 12.3 Å². The van der Waals surface area contributed by atoms with Crippen LogP contribution in [0.1, 0.15) is 37.5 Å². The number of benzene rings is 3. The molecule has 4 aromatic rings. The van der Waals surface area contributed by atoms with Gasteiger partial charge in [0.1, 0.15) is 18.1 Å². The smallest absolute Gasteiger partial charge is 0.368 e. The minimum atomic E-state index is -0.303. The van der Waals surface area contributed by atoms with Crippen molar-refractivity contribution in [1.29, 1.82) is 0 Å². The largest absolute Gasteiger partial charge is 0.496 e. The van der Waals surface area contributed by atoms with Crippen molar-refractivity contribution in [2.24, 2.45) is 7.05 Å². The molecular formula is C27H30N4O3. The maximum absolute atomic E-state index is 12.4. The Balaban J connectivity index is 1.71. The van der Waals surface area contributed by atoms with Crippen LogP contribution in [-0.2, 0) is 19.1 Å². The highest BCUT2D eigenvalue weighted by atomic mass is 16.5. The van der Waals surface area contributed by atoms with Crippen molar-refractivity contribution in [2.45, 2.75) is 39.7 Å². The number of aromatic nitrogens is 4. The number of rotatable bonds is 6. The maximum Gasteiger partial charge on any atom is 0.368 e. The SMILES string of the molecule is COc1ccccc1-c1ccc(OCc2c(C)cccc2-n2nnn(C)c2=O)cc1C(C)(C)C. The van der Waals surface area contributed by atoms with E-state index in [2.05, 4.69) is 49.4 Å². The lowest BCUT2D eigenvalue weighted by atomic mass is 9.81. The van der Waals surface area contributed by atoms with Gasteiger partial charge in [-0.25, -0.2) is 4.79 Å². The van der Waals surface area contributed by atoms with E-state index in [-0.39, 0.29) is 11.1 Å². The topological polar surface area (TPSA) is 71.2 Å². The molecule has 0 radical (unpaired) electrons. The van der Waals surface area contributed by atoms with E-state index in [0.717, 1.165) is 39.3 Å². The Kier molecular flexibility index (Phi) is 6.28. The van der Waals surface area contributed by atoms with E-state index in [1.807, 2.05) is 49.4 Å². The van der Waals surface area contributed by atoms with Crippen molar-refractivity contribution in [2.75, 3.05) is 7.11 Å². The predicted octanol–water partition coefficient (Wildman–Crippen LogP) is 4.83. The second-order valence-electron chi connectivity index (χ2n) is 9.32. The first kappa shape index (κ1) is 23.3. The molecule has 3 aromatic carbocycles. The first-order valence-electron chi connectivity index (χ1n) is 11.2. The summed E-state index contributed by atoms with van der Waals surface area (Å²) in [5, 5.41) is 7.84. The van der Waals surface area contributed by atoms with Crippen LogP contribution in [0.4, 0.5) is 0 Å². The summed E-state index contributed by atoms with van der Waals surface area (Å²) < 4.78 is 14.4. The van der Waals surface area contributed by atoms with Gasteiger partial charge in [0.15, 0.2) is 0 Å². The van der Waals surface area contributed by atoms with Gasteiger partial charge in [0.2, 0.25) is 0 Å². The molecule has 0 saturated carbocycles. The van der Waals surface area contributed by atoms with Gasteiger partial charge in [-0.05, 0) is 63.7 Å². The van der Waals surface area contributed by atoms with Crippen molar-refractivity contribution in [3.05, 3.63) is 87.8 Å². The van der Waals surface area contributed by atoms with E-state index < -0.39 is 0 Å². The first-order chi connectivity index (χ1) is 16.2. The Bertz CT molecular complexity index is 1380. The third-order valence-corrected chi connectivity index (χ3v) is 5.91. The monoisotopic (exact) mass is 458 g/mol. The molecular weight excluding hydrogens is 428 g/mol. The predicted molar refractivity (Wildman–Crippen MR) is 133 cm³/mol. The lowest BCUT2D eigenvalue weighted by molar-refractivity contribution is 0.304. The highest BCUT2D eigenvalue weighted by molar-refractivity contribution is 5.75. The van der Waals surface area contributed by atoms with Crippen molar-refractivity contribution in [1.82, 2.24) is 19.8 Å². The van der Waals surface area contributed by atoms with Crippen molar-refractivity contribution < 1.29 is 9.47 Å². The van der Waals surface area contributed by atoms with E-state index in [1.54, 1.807) is 14.2 Å². The molecule has 7 nitrogen and oxygen atoms in total. The zero-order valence-electron chi connectivity index (χ0n) is 20.5. The average molecular weight is 459 g/mol. The third-order valence-electron chi connectivity index (χ3n) is 5.91. The molecule has 176 valence electrons. The van der Waals surface area contributed by atoms with Crippen LogP contribution in [0.25, 0.3) is 16.8 Å². The zero-order chi connectivity index (χ0) is 24.5. The van der Waals surface area contributed by atoms with E-state index in [1.165, 1.54) is 9.36 Å². The quantitative estimate of drug-likeness (QED) is 0.414. The molecule has 0 N–H and O–H groups in total. The standard InChI is InChI=1S/C27H30N4O3/c1-18-10-9-12-24(31-26(32)30(5)28-29-31)22(18)17-34-19-14-15-20(23(16-19)27(2,3)4)21-11-7-8-13-25(21)33-6/h7-16H,17H2,1-6H3. The Morgan fingerprint density at radius 2 is 1.71 bits per heavy atom. The number of ether oxygens (including phenoxy) is 2. The molecule has 1 heterocycles. The van der Waals surface area contributed by atoms with E-state index in [9.17, 15) is 4.79 Å². The van der Waals surface area contributed by atoms with E-state index >= 15 is 0 Å². The summed E-state index contributed by atoms with van der Waals surface area (Å²) in [5.74, 6) is 1.59. The molecule has 0 spiro atoms. The molecule has 1 aromatic heterocycles. The van der Waals surface area contributed by atoms with Gasteiger partial charge in [-0.3, -0.25) is 0 Å². The minimum absolute atomic E-state index is 0.115. The molecule has 0 atom stereocenters. The molecule has 4 rings (SSSR count). The van der Waals surface area contributed by atoms with Crippen LogP contribution in [0.5, 0.6) is 11.5 Å². The van der Waals surface area contributed by atoms with Gasteiger partial charge in [-0.2, -0.15) is 9.36 Å². The third kappa shape index (κ3) is 4.46. The number of hydrogen-bond donors (Lipinski definition) is 0.